The van der Waals surface area contributed by atoms with E-state index < -0.39 is 0 Å². The van der Waals surface area contributed by atoms with Crippen molar-refractivity contribution in [3.8, 4) is 5.69 Å². The van der Waals surface area contributed by atoms with Gasteiger partial charge in [0.05, 0.1) is 11.4 Å². The molecule has 1 aromatic carbocycles. The first-order valence-electron chi connectivity index (χ1n) is 7.35. The Hall–Kier alpha value is -1.84. The van der Waals surface area contributed by atoms with Crippen LogP contribution in [0.25, 0.3) is 5.69 Å². The molecule has 106 valence electrons. The standard InChI is InChI=1S/C16H22N4/c1-16(2)9-5-6-13(10-16)19-14-7-3-4-8-15(14)20-12-17-11-18-20/h3-4,7-8,11-13,19H,5-6,9-10H2,1-2H3. The number of aromatic nitrogens is 3. The smallest absolute Gasteiger partial charge is 0.138 e. The lowest BCUT2D eigenvalue weighted by Gasteiger charge is -2.36. The average molecular weight is 270 g/mol. The van der Waals surface area contributed by atoms with Gasteiger partial charge in [-0.15, -0.1) is 0 Å². The van der Waals surface area contributed by atoms with Crippen molar-refractivity contribution in [3.63, 3.8) is 0 Å². The second-order valence-electron chi connectivity index (χ2n) is 6.46. The van der Waals surface area contributed by atoms with Gasteiger partial charge in [0.15, 0.2) is 0 Å². The molecule has 1 aromatic heterocycles. The second-order valence-corrected chi connectivity index (χ2v) is 6.46. The molecular formula is C16H22N4. The van der Waals surface area contributed by atoms with E-state index in [1.54, 1.807) is 12.7 Å². The number of rotatable bonds is 3. The minimum absolute atomic E-state index is 0.443. The molecule has 0 spiro atoms. The fraction of sp³-hybridized carbons (Fsp3) is 0.500. The van der Waals surface area contributed by atoms with E-state index in [0.29, 0.717) is 11.5 Å². The Morgan fingerprint density at radius 2 is 2.15 bits per heavy atom. The summed E-state index contributed by atoms with van der Waals surface area (Å²) in [5.41, 5.74) is 2.65. The van der Waals surface area contributed by atoms with E-state index in [2.05, 4.69) is 47.4 Å². The van der Waals surface area contributed by atoms with Crippen LogP contribution in [-0.4, -0.2) is 20.8 Å². The van der Waals surface area contributed by atoms with Gasteiger partial charge in [-0.1, -0.05) is 32.4 Å². The molecule has 0 radical (unpaired) electrons. The van der Waals surface area contributed by atoms with E-state index in [9.17, 15) is 0 Å². The van der Waals surface area contributed by atoms with Gasteiger partial charge in [-0.05, 0) is 36.8 Å². The van der Waals surface area contributed by atoms with Crippen LogP contribution in [0.4, 0.5) is 5.69 Å². The van der Waals surface area contributed by atoms with Crippen LogP contribution >= 0.6 is 0 Å². The first-order valence-corrected chi connectivity index (χ1v) is 7.35. The molecule has 1 saturated carbocycles. The van der Waals surface area contributed by atoms with Gasteiger partial charge in [-0.3, -0.25) is 0 Å². The molecule has 1 fully saturated rings. The van der Waals surface area contributed by atoms with E-state index in [1.807, 2.05) is 10.7 Å². The van der Waals surface area contributed by atoms with E-state index in [-0.39, 0.29) is 0 Å². The third-order valence-corrected chi connectivity index (χ3v) is 4.13. The van der Waals surface area contributed by atoms with Gasteiger partial charge < -0.3 is 5.32 Å². The number of para-hydroxylation sites is 2. The molecule has 1 heterocycles. The number of nitrogens with one attached hydrogen (secondary N) is 1. The van der Waals surface area contributed by atoms with E-state index >= 15 is 0 Å². The first kappa shape index (κ1) is 13.2. The molecular weight excluding hydrogens is 248 g/mol. The minimum Gasteiger partial charge on any atom is -0.381 e. The number of anilines is 1. The van der Waals surface area contributed by atoms with E-state index in [4.69, 9.17) is 0 Å². The summed E-state index contributed by atoms with van der Waals surface area (Å²) in [5.74, 6) is 0. The van der Waals surface area contributed by atoms with Gasteiger partial charge in [0.1, 0.15) is 12.7 Å². The Morgan fingerprint density at radius 3 is 2.90 bits per heavy atom. The summed E-state index contributed by atoms with van der Waals surface area (Å²) in [6.45, 7) is 4.73. The maximum atomic E-state index is 4.23. The largest absolute Gasteiger partial charge is 0.381 e. The van der Waals surface area contributed by atoms with E-state index in [0.717, 1.165) is 11.4 Å². The van der Waals surface area contributed by atoms with Crippen LogP contribution in [0.5, 0.6) is 0 Å². The van der Waals surface area contributed by atoms with Crippen LogP contribution in [0.2, 0.25) is 0 Å². The summed E-state index contributed by atoms with van der Waals surface area (Å²) in [7, 11) is 0. The summed E-state index contributed by atoms with van der Waals surface area (Å²) >= 11 is 0. The Labute approximate surface area is 120 Å². The zero-order chi connectivity index (χ0) is 14.0. The van der Waals surface area contributed by atoms with Crippen molar-refractivity contribution in [1.82, 2.24) is 14.8 Å². The van der Waals surface area contributed by atoms with Crippen molar-refractivity contribution in [2.24, 2.45) is 5.41 Å². The van der Waals surface area contributed by atoms with Gasteiger partial charge in [0.2, 0.25) is 0 Å². The van der Waals surface area contributed by atoms with Crippen molar-refractivity contribution >= 4 is 5.69 Å². The lowest BCUT2D eigenvalue weighted by atomic mass is 9.75. The van der Waals surface area contributed by atoms with Crippen molar-refractivity contribution in [2.45, 2.75) is 45.6 Å². The quantitative estimate of drug-likeness (QED) is 0.925. The normalized spacial score (nSPS) is 21.6. The molecule has 0 bridgehead atoms. The van der Waals surface area contributed by atoms with Crippen LogP contribution in [0.3, 0.4) is 0 Å². The zero-order valence-electron chi connectivity index (χ0n) is 12.2. The van der Waals surface area contributed by atoms with Crippen LogP contribution in [0, 0.1) is 5.41 Å². The van der Waals surface area contributed by atoms with Crippen LogP contribution in [-0.2, 0) is 0 Å². The molecule has 1 unspecified atom stereocenters. The predicted molar refractivity (Wildman–Crippen MR) is 81.0 cm³/mol. The minimum atomic E-state index is 0.443. The van der Waals surface area contributed by atoms with Crippen LogP contribution in [0.1, 0.15) is 39.5 Å². The Bertz CT molecular complexity index is 560. The van der Waals surface area contributed by atoms with Gasteiger partial charge in [0.25, 0.3) is 0 Å². The Morgan fingerprint density at radius 1 is 1.30 bits per heavy atom. The van der Waals surface area contributed by atoms with Crippen LogP contribution in [0.15, 0.2) is 36.9 Å². The summed E-state index contributed by atoms with van der Waals surface area (Å²) in [6.07, 6.45) is 8.41. The maximum Gasteiger partial charge on any atom is 0.138 e. The number of benzene rings is 1. The predicted octanol–water partition coefficient (Wildman–Crippen LogP) is 3.65. The summed E-state index contributed by atoms with van der Waals surface area (Å²) in [5, 5.41) is 7.94. The van der Waals surface area contributed by atoms with E-state index in [1.165, 1.54) is 25.7 Å². The maximum absolute atomic E-state index is 4.23. The number of nitrogens with zero attached hydrogens (tertiary/aromatic N) is 3. The lowest BCUT2D eigenvalue weighted by Crippen LogP contribution is -2.32. The molecule has 4 nitrogen and oxygen atoms in total. The molecule has 4 heteroatoms. The third kappa shape index (κ3) is 2.84. The first-order chi connectivity index (χ1) is 9.64. The van der Waals surface area contributed by atoms with Crippen molar-refractivity contribution in [3.05, 3.63) is 36.9 Å². The molecule has 2 aromatic rings. The number of hydrogen-bond acceptors (Lipinski definition) is 3. The Kier molecular flexibility index (Phi) is 3.47. The van der Waals surface area contributed by atoms with Gasteiger partial charge in [0, 0.05) is 6.04 Å². The molecule has 1 aliphatic rings. The highest BCUT2D eigenvalue weighted by atomic mass is 15.3. The molecule has 20 heavy (non-hydrogen) atoms. The fourth-order valence-corrected chi connectivity index (χ4v) is 3.17. The molecule has 1 N–H and O–H groups in total. The molecule has 0 saturated heterocycles. The van der Waals surface area contributed by atoms with Crippen molar-refractivity contribution in [2.75, 3.05) is 5.32 Å². The van der Waals surface area contributed by atoms with Crippen molar-refractivity contribution < 1.29 is 0 Å². The lowest BCUT2D eigenvalue weighted by molar-refractivity contribution is 0.229. The van der Waals surface area contributed by atoms with Crippen molar-refractivity contribution in [1.29, 1.82) is 0 Å². The highest BCUT2D eigenvalue weighted by Gasteiger charge is 2.28. The average Bonchev–Trinajstić information content (AvgIpc) is 2.92. The third-order valence-electron chi connectivity index (χ3n) is 4.13. The molecule has 0 aliphatic heterocycles. The topological polar surface area (TPSA) is 42.7 Å². The zero-order valence-corrected chi connectivity index (χ0v) is 12.2. The fourth-order valence-electron chi connectivity index (χ4n) is 3.17. The highest BCUT2D eigenvalue weighted by Crippen LogP contribution is 2.36. The van der Waals surface area contributed by atoms with Gasteiger partial charge in [-0.2, -0.15) is 5.10 Å². The van der Waals surface area contributed by atoms with Gasteiger partial charge in [-0.25, -0.2) is 9.67 Å². The summed E-state index contributed by atoms with van der Waals surface area (Å²) in [6, 6.07) is 8.84. The SMILES string of the molecule is CC1(C)CCCC(Nc2ccccc2-n2cncn2)C1. The van der Waals surface area contributed by atoms with Gasteiger partial charge >= 0.3 is 0 Å². The number of hydrogen-bond donors (Lipinski definition) is 1. The molecule has 0 amide bonds. The molecule has 1 atom stereocenters. The highest BCUT2D eigenvalue weighted by molar-refractivity contribution is 5.60. The second kappa shape index (κ2) is 5.27. The Balaban J connectivity index is 1.81. The molecule has 3 rings (SSSR count). The van der Waals surface area contributed by atoms with Crippen LogP contribution < -0.4 is 5.32 Å². The monoisotopic (exact) mass is 270 g/mol. The summed E-state index contributed by atoms with van der Waals surface area (Å²) in [4.78, 5) is 4.03. The molecule has 1 aliphatic carbocycles. The summed E-state index contributed by atoms with van der Waals surface area (Å²) < 4.78 is 1.82.